The third-order valence-electron chi connectivity index (χ3n) is 13.8. The highest BCUT2D eigenvalue weighted by Crippen LogP contribution is 2.26. The van der Waals surface area contributed by atoms with Crippen LogP contribution in [0.5, 0.6) is 0 Å². The van der Waals surface area contributed by atoms with Crippen molar-refractivity contribution in [1.29, 1.82) is 0 Å². The number of rotatable bonds is 51. The molecule has 0 aromatic rings. The van der Waals surface area contributed by atoms with E-state index in [1.54, 1.807) is 6.08 Å². The fourth-order valence-electron chi connectivity index (χ4n) is 8.89. The van der Waals surface area contributed by atoms with E-state index in [1.807, 2.05) is 6.08 Å². The van der Waals surface area contributed by atoms with Crippen molar-refractivity contribution < 1.29 is 49.3 Å². The van der Waals surface area contributed by atoms with Crippen LogP contribution in [-0.4, -0.2) is 99.6 Å². The molecular formula is C68H113NO10. The number of nitrogens with one attached hydrogen (secondary N) is 1. The topological polar surface area (TPSA) is 175 Å². The quantitative estimate of drug-likeness (QED) is 0.0195. The molecule has 1 rings (SSSR count). The number of hydrogen-bond acceptors (Lipinski definition) is 10. The lowest BCUT2D eigenvalue weighted by molar-refractivity contribution is -0.305. The van der Waals surface area contributed by atoms with E-state index in [0.29, 0.717) is 12.8 Å². The van der Waals surface area contributed by atoms with Gasteiger partial charge in [-0.3, -0.25) is 9.59 Å². The molecule has 1 aliphatic rings. The summed E-state index contributed by atoms with van der Waals surface area (Å²) in [5, 5.41) is 56.9. The maximum atomic E-state index is 13.4. The van der Waals surface area contributed by atoms with Gasteiger partial charge in [0, 0.05) is 6.42 Å². The van der Waals surface area contributed by atoms with Gasteiger partial charge in [-0.25, -0.2) is 0 Å². The molecule has 1 amide bonds. The molecule has 0 bridgehead atoms. The fraction of sp³-hybridized carbons (Fsp3) is 0.676. The number of amides is 1. The van der Waals surface area contributed by atoms with Crippen molar-refractivity contribution in [3.63, 3.8) is 0 Å². The lowest BCUT2D eigenvalue weighted by atomic mass is 9.99. The molecule has 11 heteroatoms. The summed E-state index contributed by atoms with van der Waals surface area (Å²) in [6.45, 7) is 5.60. The third kappa shape index (κ3) is 42.6. The third-order valence-corrected chi connectivity index (χ3v) is 13.8. The Morgan fingerprint density at radius 1 is 0.506 bits per heavy atom. The van der Waals surface area contributed by atoms with Crippen LogP contribution < -0.4 is 5.32 Å². The number of hydrogen-bond donors (Lipinski definition) is 6. The van der Waals surface area contributed by atoms with Gasteiger partial charge in [-0.1, -0.05) is 232 Å². The van der Waals surface area contributed by atoms with E-state index in [2.05, 4.69) is 135 Å². The Labute approximate surface area is 480 Å². The monoisotopic (exact) mass is 1100 g/mol. The average molecular weight is 1100 g/mol. The largest absolute Gasteiger partial charge is 0.454 e. The Bertz CT molecular complexity index is 1740. The van der Waals surface area contributed by atoms with Crippen LogP contribution in [0.3, 0.4) is 0 Å². The summed E-state index contributed by atoms with van der Waals surface area (Å²) in [7, 11) is 0. The maximum absolute atomic E-state index is 13.4. The number of carbonyl (C=O) groups excluding carboxylic acids is 2. The van der Waals surface area contributed by atoms with Crippen molar-refractivity contribution in [2.24, 2.45) is 0 Å². The highest BCUT2D eigenvalue weighted by molar-refractivity contribution is 5.80. The minimum absolute atomic E-state index is 0.0880. The second-order valence-corrected chi connectivity index (χ2v) is 21.0. The molecule has 0 saturated carbocycles. The van der Waals surface area contributed by atoms with Crippen LogP contribution in [-0.2, 0) is 23.8 Å². The molecule has 1 aliphatic heterocycles. The summed E-state index contributed by atoms with van der Waals surface area (Å²) in [5.74, 6) is -1.25. The van der Waals surface area contributed by atoms with Crippen molar-refractivity contribution in [3.8, 4) is 0 Å². The van der Waals surface area contributed by atoms with E-state index in [4.69, 9.17) is 14.2 Å². The predicted octanol–water partition coefficient (Wildman–Crippen LogP) is 15.1. The van der Waals surface area contributed by atoms with Crippen LogP contribution >= 0.6 is 0 Å². The second kappa shape index (κ2) is 54.6. The zero-order valence-electron chi connectivity index (χ0n) is 49.7. The molecular weight excluding hydrogens is 991 g/mol. The van der Waals surface area contributed by atoms with Crippen LogP contribution in [0.25, 0.3) is 0 Å². The minimum atomic E-state index is -1.64. The highest BCUT2D eigenvalue weighted by Gasteiger charge is 2.47. The fourth-order valence-corrected chi connectivity index (χ4v) is 8.89. The number of carbonyl (C=O) groups is 2. The van der Waals surface area contributed by atoms with Crippen LogP contribution in [0.15, 0.2) is 122 Å². The molecule has 11 nitrogen and oxygen atoms in total. The molecule has 1 heterocycles. The van der Waals surface area contributed by atoms with Gasteiger partial charge in [-0.05, 0) is 116 Å². The van der Waals surface area contributed by atoms with Crippen LogP contribution in [0.1, 0.15) is 233 Å². The molecule has 1 saturated heterocycles. The van der Waals surface area contributed by atoms with Crippen LogP contribution in [0, 0.1) is 0 Å². The van der Waals surface area contributed by atoms with E-state index < -0.39 is 67.4 Å². The van der Waals surface area contributed by atoms with E-state index in [-0.39, 0.29) is 19.4 Å². The van der Waals surface area contributed by atoms with Crippen molar-refractivity contribution in [1.82, 2.24) is 5.32 Å². The molecule has 79 heavy (non-hydrogen) atoms. The Kier molecular flexibility index (Phi) is 50.5. The Hall–Kier alpha value is -3.94. The molecule has 0 spiro atoms. The highest BCUT2D eigenvalue weighted by atomic mass is 16.7. The number of unbranched alkanes of at least 4 members (excludes halogenated alkanes) is 19. The standard InChI is InChI=1S/C68H113NO10/c1-4-7-10-13-16-19-22-24-26-28-29-30-31-32-34-35-37-40-43-46-49-52-55-61(72)67(76)69-59(60(71)54-51-48-45-42-39-21-18-15-12-9-6-3)58-77-68-66(65(75)64(74)62(57-70)78-68)79-63(73)56-53-50-47-44-41-38-36-33-27-25-23-20-17-14-11-8-5-2/h7,10,16-17,19-20,24-27,29-30,32,34,36-38,40,51,54,59-62,64-66,68,70-72,74-75H,4-6,8-9,11-15,18,21-23,28,31,33,35,39,41-50,52-53,55-58H2,1-3H3,(H,69,76)/b10-7-,19-16-,20-17-,26-24-,27-25-,30-29-,34-32-,38-36-,40-37-,54-51+. The van der Waals surface area contributed by atoms with Gasteiger partial charge in [0.2, 0.25) is 5.91 Å². The van der Waals surface area contributed by atoms with Crippen molar-refractivity contribution in [3.05, 3.63) is 122 Å². The first-order valence-electron chi connectivity index (χ1n) is 31.3. The first kappa shape index (κ1) is 73.1. The van der Waals surface area contributed by atoms with Crippen LogP contribution in [0.2, 0.25) is 0 Å². The van der Waals surface area contributed by atoms with Gasteiger partial charge >= 0.3 is 5.97 Å². The SMILES string of the molecule is CC/C=C\C/C=C\C/C=C\C/C=C\C/C=C\C/C=C\CCCCCC(O)C(=O)NC(COC1OC(CO)C(O)C(O)C1OC(=O)CCCCCC/C=C\C/C=C\C/C=C\CCCCC)C(O)/C=C/CCCCCCCCCCC. The predicted molar refractivity (Wildman–Crippen MR) is 328 cm³/mol. The zero-order valence-corrected chi connectivity index (χ0v) is 49.7. The van der Waals surface area contributed by atoms with Gasteiger partial charge in [0.25, 0.3) is 0 Å². The normalized spacial score (nSPS) is 19.7. The van der Waals surface area contributed by atoms with Gasteiger partial charge in [0.05, 0.1) is 25.4 Å². The summed E-state index contributed by atoms with van der Waals surface area (Å²) in [4.78, 5) is 26.5. The van der Waals surface area contributed by atoms with Gasteiger partial charge in [0.1, 0.15) is 24.4 Å². The number of ether oxygens (including phenoxy) is 3. The van der Waals surface area contributed by atoms with Gasteiger partial charge in [-0.15, -0.1) is 0 Å². The summed E-state index contributed by atoms with van der Waals surface area (Å²) >= 11 is 0. The summed E-state index contributed by atoms with van der Waals surface area (Å²) in [5.41, 5.74) is 0. The van der Waals surface area contributed by atoms with Crippen molar-refractivity contribution in [2.75, 3.05) is 13.2 Å². The maximum Gasteiger partial charge on any atom is 0.306 e. The first-order chi connectivity index (χ1) is 38.7. The summed E-state index contributed by atoms with van der Waals surface area (Å²) in [6.07, 6.45) is 65.2. The van der Waals surface area contributed by atoms with E-state index in [9.17, 15) is 35.1 Å². The van der Waals surface area contributed by atoms with Gasteiger partial charge in [-0.2, -0.15) is 0 Å². The lowest BCUT2D eigenvalue weighted by Crippen LogP contribution is -2.61. The minimum Gasteiger partial charge on any atom is -0.454 e. The van der Waals surface area contributed by atoms with Crippen molar-refractivity contribution >= 4 is 11.9 Å². The number of allylic oxidation sites excluding steroid dienone is 19. The molecule has 0 radical (unpaired) electrons. The first-order valence-corrected chi connectivity index (χ1v) is 31.3. The summed E-state index contributed by atoms with van der Waals surface area (Å²) in [6, 6.07) is -1.05. The summed E-state index contributed by atoms with van der Waals surface area (Å²) < 4.78 is 17.6. The van der Waals surface area contributed by atoms with E-state index in [1.165, 1.54) is 57.8 Å². The van der Waals surface area contributed by atoms with Crippen LogP contribution in [0.4, 0.5) is 0 Å². The Balaban J connectivity index is 2.70. The number of aliphatic hydroxyl groups excluding tert-OH is 5. The molecule has 450 valence electrons. The molecule has 0 aliphatic carbocycles. The molecule has 8 unspecified atom stereocenters. The molecule has 0 aromatic carbocycles. The van der Waals surface area contributed by atoms with Crippen molar-refractivity contribution in [2.45, 2.75) is 282 Å². The number of esters is 1. The lowest BCUT2D eigenvalue weighted by Gasteiger charge is -2.41. The second-order valence-electron chi connectivity index (χ2n) is 21.0. The molecule has 1 fully saturated rings. The zero-order chi connectivity index (χ0) is 57.5. The Morgan fingerprint density at radius 3 is 1.39 bits per heavy atom. The van der Waals surface area contributed by atoms with E-state index >= 15 is 0 Å². The average Bonchev–Trinajstić information content (AvgIpc) is 3.45. The Morgan fingerprint density at radius 2 is 0.911 bits per heavy atom. The molecule has 6 N–H and O–H groups in total. The molecule has 0 aromatic heterocycles. The van der Waals surface area contributed by atoms with Gasteiger partial charge in [0.15, 0.2) is 12.4 Å². The number of aliphatic hydroxyl groups is 5. The molecule has 8 atom stereocenters. The van der Waals surface area contributed by atoms with E-state index in [0.717, 1.165) is 128 Å². The smallest absolute Gasteiger partial charge is 0.306 e. The van der Waals surface area contributed by atoms with Gasteiger partial charge < -0.3 is 45.1 Å².